The molecule has 0 fully saturated rings. The summed E-state index contributed by atoms with van der Waals surface area (Å²) in [5.74, 6) is -0.342. The first kappa shape index (κ1) is 17.5. The molecule has 0 amide bonds. The van der Waals surface area contributed by atoms with Crippen LogP contribution in [-0.4, -0.2) is 32.2 Å². The standard InChI is InChI=1S/C17H28N2O2/c1-13-8-9-15(14(2)12-13)19(4)11-7-6-10-17(3,18)16(20)21-5/h8-9,12H,6-7,10-11,18H2,1-5H3. The van der Waals surface area contributed by atoms with Crippen LogP contribution < -0.4 is 10.6 Å². The molecular weight excluding hydrogens is 264 g/mol. The van der Waals surface area contributed by atoms with E-state index in [0.29, 0.717) is 6.42 Å². The highest BCUT2D eigenvalue weighted by molar-refractivity contribution is 5.79. The van der Waals surface area contributed by atoms with E-state index in [4.69, 9.17) is 10.5 Å². The lowest BCUT2D eigenvalue weighted by molar-refractivity contribution is -0.146. The predicted molar refractivity (Wildman–Crippen MR) is 87.6 cm³/mol. The summed E-state index contributed by atoms with van der Waals surface area (Å²) in [5, 5.41) is 0. The van der Waals surface area contributed by atoms with Crippen LogP contribution in [0, 0.1) is 13.8 Å². The Morgan fingerprint density at radius 3 is 2.57 bits per heavy atom. The molecule has 2 N–H and O–H groups in total. The average Bonchev–Trinajstić information content (AvgIpc) is 2.42. The first-order chi connectivity index (χ1) is 9.77. The molecule has 0 aliphatic rings. The van der Waals surface area contributed by atoms with Crippen LogP contribution in [0.5, 0.6) is 0 Å². The van der Waals surface area contributed by atoms with Crippen molar-refractivity contribution in [2.24, 2.45) is 5.73 Å². The van der Waals surface area contributed by atoms with E-state index >= 15 is 0 Å². The molecule has 4 nitrogen and oxygen atoms in total. The van der Waals surface area contributed by atoms with E-state index < -0.39 is 5.54 Å². The predicted octanol–water partition coefficient (Wildman–Crippen LogP) is 2.80. The number of hydrogen-bond acceptors (Lipinski definition) is 4. The summed E-state index contributed by atoms with van der Waals surface area (Å²) in [5.41, 5.74) is 8.89. The van der Waals surface area contributed by atoms with Crippen molar-refractivity contribution in [2.45, 2.75) is 45.6 Å². The third-order valence-electron chi connectivity index (χ3n) is 3.85. The van der Waals surface area contributed by atoms with Crippen molar-refractivity contribution < 1.29 is 9.53 Å². The molecule has 118 valence electrons. The molecular formula is C17H28N2O2. The maximum Gasteiger partial charge on any atom is 0.325 e. The van der Waals surface area contributed by atoms with Gasteiger partial charge in [-0.15, -0.1) is 0 Å². The normalized spacial score (nSPS) is 13.6. The molecule has 1 unspecified atom stereocenters. The first-order valence-corrected chi connectivity index (χ1v) is 7.43. The van der Waals surface area contributed by atoms with Crippen LogP contribution >= 0.6 is 0 Å². The van der Waals surface area contributed by atoms with Gasteiger partial charge in [0, 0.05) is 19.3 Å². The quantitative estimate of drug-likeness (QED) is 0.620. The number of anilines is 1. The first-order valence-electron chi connectivity index (χ1n) is 7.43. The molecule has 0 radical (unpaired) electrons. The van der Waals surface area contributed by atoms with Crippen LogP contribution in [0.3, 0.4) is 0 Å². The molecule has 1 aromatic rings. The van der Waals surface area contributed by atoms with Crippen molar-refractivity contribution in [3.05, 3.63) is 29.3 Å². The van der Waals surface area contributed by atoms with Gasteiger partial charge in [-0.3, -0.25) is 4.79 Å². The fourth-order valence-corrected chi connectivity index (χ4v) is 2.53. The molecule has 0 bridgehead atoms. The second-order valence-electron chi connectivity index (χ2n) is 6.08. The fourth-order valence-electron chi connectivity index (χ4n) is 2.53. The van der Waals surface area contributed by atoms with Gasteiger partial charge in [-0.05, 0) is 51.7 Å². The van der Waals surface area contributed by atoms with E-state index in [1.807, 2.05) is 0 Å². The minimum atomic E-state index is -0.882. The number of methoxy groups -OCH3 is 1. The maximum atomic E-state index is 11.5. The number of rotatable bonds is 7. The van der Waals surface area contributed by atoms with Gasteiger partial charge in [-0.2, -0.15) is 0 Å². The monoisotopic (exact) mass is 292 g/mol. The minimum absolute atomic E-state index is 0.342. The Kier molecular flexibility index (Phi) is 6.21. The number of aryl methyl sites for hydroxylation is 2. The summed E-state index contributed by atoms with van der Waals surface area (Å²) in [4.78, 5) is 13.8. The second-order valence-corrected chi connectivity index (χ2v) is 6.08. The highest BCUT2D eigenvalue weighted by Gasteiger charge is 2.28. The molecule has 21 heavy (non-hydrogen) atoms. The number of ether oxygens (including phenoxy) is 1. The molecule has 1 rings (SSSR count). The molecule has 0 saturated heterocycles. The molecule has 0 spiro atoms. The topological polar surface area (TPSA) is 55.6 Å². The van der Waals surface area contributed by atoms with E-state index in [2.05, 4.69) is 44.0 Å². The minimum Gasteiger partial charge on any atom is -0.468 e. The van der Waals surface area contributed by atoms with Crippen molar-refractivity contribution in [3.8, 4) is 0 Å². The third-order valence-corrected chi connectivity index (χ3v) is 3.85. The van der Waals surface area contributed by atoms with E-state index in [1.165, 1.54) is 23.9 Å². The lowest BCUT2D eigenvalue weighted by atomic mass is 9.96. The van der Waals surface area contributed by atoms with Crippen LogP contribution in [0.2, 0.25) is 0 Å². The number of carbonyl (C=O) groups excluding carboxylic acids is 1. The van der Waals surface area contributed by atoms with E-state index in [9.17, 15) is 4.79 Å². The Hall–Kier alpha value is -1.55. The highest BCUT2D eigenvalue weighted by atomic mass is 16.5. The number of nitrogens with two attached hydrogens (primary N) is 1. The Morgan fingerprint density at radius 1 is 1.33 bits per heavy atom. The van der Waals surface area contributed by atoms with Gasteiger partial charge in [0.25, 0.3) is 0 Å². The Labute approximate surface area is 128 Å². The molecule has 0 aliphatic carbocycles. The van der Waals surface area contributed by atoms with E-state index in [0.717, 1.165) is 19.4 Å². The molecule has 0 heterocycles. The van der Waals surface area contributed by atoms with Gasteiger partial charge in [0.15, 0.2) is 0 Å². The molecule has 1 aromatic carbocycles. The summed E-state index contributed by atoms with van der Waals surface area (Å²) in [7, 11) is 3.47. The summed E-state index contributed by atoms with van der Waals surface area (Å²) in [6.07, 6.45) is 2.53. The van der Waals surface area contributed by atoms with Gasteiger partial charge in [-0.1, -0.05) is 17.7 Å². The van der Waals surface area contributed by atoms with Crippen molar-refractivity contribution in [3.63, 3.8) is 0 Å². The fraction of sp³-hybridized carbons (Fsp3) is 0.588. The van der Waals surface area contributed by atoms with Crippen LogP contribution in [0.25, 0.3) is 0 Å². The molecule has 1 atom stereocenters. The van der Waals surface area contributed by atoms with Crippen molar-refractivity contribution in [1.29, 1.82) is 0 Å². The van der Waals surface area contributed by atoms with Crippen LogP contribution in [0.15, 0.2) is 18.2 Å². The second kappa shape index (κ2) is 7.46. The summed E-state index contributed by atoms with van der Waals surface area (Å²) in [6.45, 7) is 6.91. The Bertz CT molecular complexity index is 484. The molecule has 0 aromatic heterocycles. The zero-order valence-electron chi connectivity index (χ0n) is 13.9. The molecule has 4 heteroatoms. The van der Waals surface area contributed by atoms with Crippen molar-refractivity contribution in [2.75, 3.05) is 25.6 Å². The van der Waals surface area contributed by atoms with Gasteiger partial charge in [0.2, 0.25) is 0 Å². The number of unbranched alkanes of at least 4 members (excludes halogenated alkanes) is 1. The number of benzene rings is 1. The Balaban J connectivity index is 2.44. The van der Waals surface area contributed by atoms with Gasteiger partial charge in [0.1, 0.15) is 5.54 Å². The van der Waals surface area contributed by atoms with Gasteiger partial charge in [0.05, 0.1) is 7.11 Å². The largest absolute Gasteiger partial charge is 0.468 e. The lowest BCUT2D eigenvalue weighted by Crippen LogP contribution is -2.45. The SMILES string of the molecule is COC(=O)C(C)(N)CCCCN(C)c1ccc(C)cc1C. The van der Waals surface area contributed by atoms with Crippen LogP contribution in [-0.2, 0) is 9.53 Å². The van der Waals surface area contributed by atoms with Gasteiger partial charge >= 0.3 is 5.97 Å². The van der Waals surface area contributed by atoms with E-state index in [-0.39, 0.29) is 5.97 Å². The van der Waals surface area contributed by atoms with Crippen molar-refractivity contribution in [1.82, 2.24) is 0 Å². The summed E-state index contributed by atoms with van der Waals surface area (Å²) >= 11 is 0. The number of carbonyl (C=O) groups is 1. The Morgan fingerprint density at radius 2 is 2.00 bits per heavy atom. The van der Waals surface area contributed by atoms with Crippen LogP contribution in [0.1, 0.15) is 37.3 Å². The zero-order valence-corrected chi connectivity index (χ0v) is 13.9. The summed E-state index contributed by atoms with van der Waals surface area (Å²) < 4.78 is 4.72. The van der Waals surface area contributed by atoms with Crippen molar-refractivity contribution >= 4 is 11.7 Å². The number of esters is 1. The molecule has 0 aliphatic heterocycles. The highest BCUT2D eigenvalue weighted by Crippen LogP contribution is 2.21. The number of nitrogens with zero attached hydrogens (tertiary/aromatic N) is 1. The smallest absolute Gasteiger partial charge is 0.325 e. The van der Waals surface area contributed by atoms with Gasteiger partial charge in [-0.25, -0.2) is 0 Å². The average molecular weight is 292 g/mol. The van der Waals surface area contributed by atoms with E-state index in [1.54, 1.807) is 6.92 Å². The zero-order chi connectivity index (χ0) is 16.0. The summed E-state index contributed by atoms with van der Waals surface area (Å²) in [6, 6.07) is 6.49. The molecule has 0 saturated carbocycles. The van der Waals surface area contributed by atoms with Crippen LogP contribution in [0.4, 0.5) is 5.69 Å². The number of hydrogen-bond donors (Lipinski definition) is 1. The maximum absolute atomic E-state index is 11.5. The lowest BCUT2D eigenvalue weighted by Gasteiger charge is -2.24. The third kappa shape index (κ3) is 5.05. The van der Waals surface area contributed by atoms with Gasteiger partial charge < -0.3 is 15.4 Å².